The van der Waals surface area contributed by atoms with Crippen molar-refractivity contribution in [2.75, 3.05) is 12.9 Å². The van der Waals surface area contributed by atoms with Gasteiger partial charge in [-0.25, -0.2) is 13.1 Å². The van der Waals surface area contributed by atoms with Crippen LogP contribution < -0.4 is 4.72 Å². The fourth-order valence-electron chi connectivity index (χ4n) is 2.47. The predicted octanol–water partition coefficient (Wildman–Crippen LogP) is 0.748. The Kier molecular flexibility index (Phi) is 5.75. The number of carbonyl (C=O) groups excluding carboxylic acids is 1. The van der Waals surface area contributed by atoms with E-state index in [1.165, 1.54) is 7.11 Å². The molecule has 0 heterocycles. The SMILES string of the molecule is CC[C@H](C)[C@H](NS(=O)(=O)CC1(C(=O)OC)CCC1)C(=O)O. The number of aliphatic carboxylic acids is 1. The van der Waals surface area contributed by atoms with Crippen molar-refractivity contribution in [3.8, 4) is 0 Å². The van der Waals surface area contributed by atoms with E-state index in [1.54, 1.807) is 13.8 Å². The maximum absolute atomic E-state index is 12.2. The number of sulfonamides is 1. The highest BCUT2D eigenvalue weighted by molar-refractivity contribution is 7.89. The minimum Gasteiger partial charge on any atom is -0.480 e. The van der Waals surface area contributed by atoms with E-state index in [-0.39, 0.29) is 5.92 Å². The van der Waals surface area contributed by atoms with Crippen LogP contribution in [0.4, 0.5) is 0 Å². The van der Waals surface area contributed by atoms with Crippen LogP contribution in [0.3, 0.4) is 0 Å². The molecule has 0 bridgehead atoms. The molecule has 0 aliphatic heterocycles. The average molecular weight is 321 g/mol. The Hall–Kier alpha value is -1.15. The highest BCUT2D eigenvalue weighted by atomic mass is 32.2. The zero-order valence-electron chi connectivity index (χ0n) is 12.6. The summed E-state index contributed by atoms with van der Waals surface area (Å²) < 4.78 is 31.3. The largest absolute Gasteiger partial charge is 0.480 e. The van der Waals surface area contributed by atoms with Crippen molar-refractivity contribution in [2.45, 2.75) is 45.6 Å². The summed E-state index contributed by atoms with van der Waals surface area (Å²) in [6.07, 6.45) is 2.18. The zero-order valence-corrected chi connectivity index (χ0v) is 13.4. The molecule has 0 radical (unpaired) electrons. The van der Waals surface area contributed by atoms with Gasteiger partial charge in [-0.05, 0) is 18.8 Å². The number of carbonyl (C=O) groups is 2. The standard InChI is InChI=1S/C13H23NO6S/c1-4-9(2)10(11(15)16)14-21(18,19)8-13(6-5-7-13)12(17)20-3/h9-10,14H,4-8H2,1-3H3,(H,15,16)/t9-,10-/m0/s1. The van der Waals surface area contributed by atoms with Gasteiger partial charge in [0.25, 0.3) is 0 Å². The molecule has 1 aliphatic carbocycles. The first-order valence-electron chi connectivity index (χ1n) is 6.98. The molecule has 0 aromatic carbocycles. The van der Waals surface area contributed by atoms with Gasteiger partial charge in [0.05, 0.1) is 18.3 Å². The van der Waals surface area contributed by atoms with E-state index in [9.17, 15) is 18.0 Å². The second-order valence-corrected chi connectivity index (χ2v) is 7.46. The summed E-state index contributed by atoms with van der Waals surface area (Å²) in [5.41, 5.74) is -1.03. The maximum Gasteiger partial charge on any atom is 0.322 e. The molecule has 0 aromatic heterocycles. The Labute approximate surface area is 125 Å². The lowest BCUT2D eigenvalue weighted by Gasteiger charge is -2.38. The van der Waals surface area contributed by atoms with Gasteiger partial charge in [-0.1, -0.05) is 26.7 Å². The molecule has 8 heteroatoms. The molecule has 0 spiro atoms. The molecule has 21 heavy (non-hydrogen) atoms. The van der Waals surface area contributed by atoms with Crippen LogP contribution in [0.15, 0.2) is 0 Å². The molecule has 1 saturated carbocycles. The Balaban J connectivity index is 2.85. The highest BCUT2D eigenvalue weighted by Gasteiger charge is 2.49. The summed E-state index contributed by atoms with van der Waals surface area (Å²) in [7, 11) is -2.66. The molecule has 0 aromatic rings. The number of carboxylic acid groups (broad SMARTS) is 1. The molecule has 122 valence electrons. The van der Waals surface area contributed by atoms with Crippen molar-refractivity contribution < 1.29 is 27.9 Å². The van der Waals surface area contributed by atoms with Gasteiger partial charge in [-0.2, -0.15) is 0 Å². The van der Waals surface area contributed by atoms with Gasteiger partial charge in [0.2, 0.25) is 10.0 Å². The first-order chi connectivity index (χ1) is 9.67. The Bertz CT molecular complexity index is 497. The number of esters is 1. The fraction of sp³-hybridized carbons (Fsp3) is 0.846. The lowest BCUT2D eigenvalue weighted by molar-refractivity contribution is -0.156. The first-order valence-corrected chi connectivity index (χ1v) is 8.64. The Morgan fingerprint density at radius 3 is 2.29 bits per heavy atom. The first kappa shape index (κ1) is 17.9. The third-order valence-electron chi connectivity index (χ3n) is 4.18. The summed E-state index contributed by atoms with van der Waals surface area (Å²) in [6, 6.07) is -1.19. The number of hydrogen-bond acceptors (Lipinski definition) is 5. The molecule has 1 rings (SSSR count). The van der Waals surface area contributed by atoms with Gasteiger partial charge < -0.3 is 9.84 Å². The normalized spacial score (nSPS) is 20.1. The van der Waals surface area contributed by atoms with E-state index in [1.807, 2.05) is 0 Å². The van der Waals surface area contributed by atoms with Gasteiger partial charge in [0, 0.05) is 0 Å². The van der Waals surface area contributed by atoms with Crippen LogP contribution >= 0.6 is 0 Å². The maximum atomic E-state index is 12.2. The van der Waals surface area contributed by atoms with Crippen LogP contribution in [-0.4, -0.2) is 44.4 Å². The van der Waals surface area contributed by atoms with Crippen LogP contribution in [-0.2, 0) is 24.3 Å². The summed E-state index contributed by atoms with van der Waals surface area (Å²) in [5.74, 6) is -2.52. The topological polar surface area (TPSA) is 110 Å². The number of carboxylic acids is 1. The van der Waals surface area contributed by atoms with E-state index < -0.39 is 39.2 Å². The molecule has 1 fully saturated rings. The van der Waals surface area contributed by atoms with Gasteiger partial charge in [0.15, 0.2) is 0 Å². The van der Waals surface area contributed by atoms with Crippen molar-refractivity contribution in [3.63, 3.8) is 0 Å². The van der Waals surface area contributed by atoms with E-state index in [0.717, 1.165) is 6.42 Å². The molecule has 0 saturated heterocycles. The fourth-order valence-corrected chi connectivity index (χ4v) is 4.41. The summed E-state index contributed by atoms with van der Waals surface area (Å²) in [6.45, 7) is 3.46. The van der Waals surface area contributed by atoms with Crippen LogP contribution in [0, 0.1) is 11.3 Å². The average Bonchev–Trinajstić information content (AvgIpc) is 2.38. The third kappa shape index (κ3) is 4.16. The number of hydrogen-bond donors (Lipinski definition) is 2. The lowest BCUT2D eigenvalue weighted by atomic mass is 9.70. The molecule has 1 aliphatic rings. The molecular weight excluding hydrogens is 298 g/mol. The van der Waals surface area contributed by atoms with E-state index >= 15 is 0 Å². The van der Waals surface area contributed by atoms with Gasteiger partial charge >= 0.3 is 11.9 Å². The van der Waals surface area contributed by atoms with Crippen LogP contribution in [0.25, 0.3) is 0 Å². The lowest BCUT2D eigenvalue weighted by Crippen LogP contribution is -2.51. The van der Waals surface area contributed by atoms with Crippen molar-refractivity contribution in [3.05, 3.63) is 0 Å². The summed E-state index contributed by atoms with van der Waals surface area (Å²) >= 11 is 0. The van der Waals surface area contributed by atoms with Crippen LogP contribution in [0.5, 0.6) is 0 Å². The number of methoxy groups -OCH3 is 1. The van der Waals surface area contributed by atoms with Gasteiger partial charge in [-0.15, -0.1) is 0 Å². The van der Waals surface area contributed by atoms with Crippen LogP contribution in [0.2, 0.25) is 0 Å². The molecule has 0 amide bonds. The second-order valence-electron chi connectivity index (χ2n) is 5.70. The predicted molar refractivity (Wildman–Crippen MR) is 76.1 cm³/mol. The summed E-state index contributed by atoms with van der Waals surface area (Å²) in [4.78, 5) is 23.0. The monoisotopic (exact) mass is 321 g/mol. The van der Waals surface area contributed by atoms with Crippen molar-refractivity contribution >= 4 is 22.0 Å². The molecule has 0 unspecified atom stereocenters. The highest BCUT2D eigenvalue weighted by Crippen LogP contribution is 2.43. The quantitative estimate of drug-likeness (QED) is 0.638. The number of ether oxygens (including phenoxy) is 1. The molecule has 2 N–H and O–H groups in total. The molecule has 2 atom stereocenters. The van der Waals surface area contributed by atoms with Crippen LogP contribution in [0.1, 0.15) is 39.5 Å². The van der Waals surface area contributed by atoms with Gasteiger partial charge in [-0.3, -0.25) is 9.59 Å². The molecular formula is C13H23NO6S. The van der Waals surface area contributed by atoms with Crippen molar-refractivity contribution in [1.29, 1.82) is 0 Å². The molecule has 7 nitrogen and oxygen atoms in total. The van der Waals surface area contributed by atoms with Crippen molar-refractivity contribution in [1.82, 2.24) is 4.72 Å². The third-order valence-corrected chi connectivity index (χ3v) is 5.73. The smallest absolute Gasteiger partial charge is 0.322 e. The second kappa shape index (κ2) is 6.74. The number of rotatable bonds is 8. The zero-order chi connectivity index (χ0) is 16.3. The minimum atomic E-state index is -3.89. The Morgan fingerprint density at radius 2 is 1.95 bits per heavy atom. The van der Waals surface area contributed by atoms with Gasteiger partial charge in [0.1, 0.15) is 6.04 Å². The van der Waals surface area contributed by atoms with E-state index in [0.29, 0.717) is 19.3 Å². The minimum absolute atomic E-state index is 0.340. The van der Waals surface area contributed by atoms with E-state index in [2.05, 4.69) is 9.46 Å². The van der Waals surface area contributed by atoms with E-state index in [4.69, 9.17) is 5.11 Å². The Morgan fingerprint density at radius 1 is 1.38 bits per heavy atom. The van der Waals surface area contributed by atoms with Crippen molar-refractivity contribution in [2.24, 2.45) is 11.3 Å². The summed E-state index contributed by atoms with van der Waals surface area (Å²) in [5, 5.41) is 9.14. The number of nitrogens with one attached hydrogen (secondary N) is 1.